The van der Waals surface area contributed by atoms with Crippen LogP contribution in [0.2, 0.25) is 0 Å². The molecule has 1 fully saturated rings. The standard InChI is InChI=1S/C18H17NO3/c20-13-19-18(9-4-10-18)15-7-8-16(21)17(11-15)22-12-14-5-2-1-3-6-14/h1-3,5-8,11,21H,4,9-10,12H2. The summed E-state index contributed by atoms with van der Waals surface area (Å²) in [6.45, 7) is 0.377. The predicted molar refractivity (Wildman–Crippen MR) is 82.5 cm³/mol. The number of aromatic hydroxyl groups is 1. The first-order valence-corrected chi connectivity index (χ1v) is 7.33. The lowest BCUT2D eigenvalue weighted by Gasteiger charge is -2.37. The van der Waals surface area contributed by atoms with Gasteiger partial charge in [-0.05, 0) is 42.5 Å². The quantitative estimate of drug-likeness (QED) is 0.676. The highest BCUT2D eigenvalue weighted by molar-refractivity contribution is 5.47. The van der Waals surface area contributed by atoms with E-state index in [1.165, 1.54) is 0 Å². The van der Waals surface area contributed by atoms with Gasteiger partial charge >= 0.3 is 0 Å². The first-order chi connectivity index (χ1) is 10.7. The van der Waals surface area contributed by atoms with Crippen molar-refractivity contribution in [1.82, 2.24) is 0 Å². The summed E-state index contributed by atoms with van der Waals surface area (Å²) >= 11 is 0. The van der Waals surface area contributed by atoms with Crippen LogP contribution in [0.3, 0.4) is 0 Å². The molecule has 0 saturated heterocycles. The summed E-state index contributed by atoms with van der Waals surface area (Å²) in [5.74, 6) is 0.498. The number of isocyanates is 1. The second-order valence-electron chi connectivity index (χ2n) is 5.55. The Morgan fingerprint density at radius 2 is 1.95 bits per heavy atom. The third kappa shape index (κ3) is 2.74. The van der Waals surface area contributed by atoms with Crippen LogP contribution in [0.5, 0.6) is 11.5 Å². The Morgan fingerprint density at radius 3 is 2.59 bits per heavy atom. The maximum Gasteiger partial charge on any atom is 0.235 e. The number of phenols is 1. The Morgan fingerprint density at radius 1 is 1.18 bits per heavy atom. The summed E-state index contributed by atoms with van der Waals surface area (Å²) in [4.78, 5) is 14.7. The number of nitrogens with zero attached hydrogens (tertiary/aromatic N) is 1. The molecule has 4 heteroatoms. The second-order valence-corrected chi connectivity index (χ2v) is 5.55. The van der Waals surface area contributed by atoms with Crippen LogP contribution in [0.4, 0.5) is 0 Å². The van der Waals surface area contributed by atoms with E-state index in [0.29, 0.717) is 12.4 Å². The van der Waals surface area contributed by atoms with E-state index < -0.39 is 5.54 Å². The minimum atomic E-state index is -0.486. The Balaban J connectivity index is 1.82. The maximum atomic E-state index is 10.7. The van der Waals surface area contributed by atoms with Gasteiger partial charge in [0.1, 0.15) is 6.61 Å². The smallest absolute Gasteiger partial charge is 0.235 e. The maximum absolute atomic E-state index is 10.7. The van der Waals surface area contributed by atoms with Crippen LogP contribution in [-0.4, -0.2) is 11.2 Å². The average molecular weight is 295 g/mol. The Hall–Kier alpha value is -2.58. The van der Waals surface area contributed by atoms with Gasteiger partial charge in [0.2, 0.25) is 6.08 Å². The molecule has 2 aromatic carbocycles. The van der Waals surface area contributed by atoms with E-state index in [4.69, 9.17) is 4.74 Å². The number of hydrogen-bond donors (Lipinski definition) is 1. The Kier molecular flexibility index (Phi) is 3.94. The highest BCUT2D eigenvalue weighted by Gasteiger charge is 2.39. The minimum Gasteiger partial charge on any atom is -0.504 e. The van der Waals surface area contributed by atoms with Gasteiger partial charge in [-0.25, -0.2) is 4.79 Å². The Bertz CT molecular complexity index is 702. The molecule has 0 unspecified atom stereocenters. The fourth-order valence-electron chi connectivity index (χ4n) is 2.72. The molecule has 0 radical (unpaired) electrons. The molecular formula is C18H17NO3. The van der Waals surface area contributed by atoms with E-state index >= 15 is 0 Å². The van der Waals surface area contributed by atoms with Crippen LogP contribution in [0.25, 0.3) is 0 Å². The summed E-state index contributed by atoms with van der Waals surface area (Å²) in [5, 5.41) is 9.97. The zero-order valence-corrected chi connectivity index (χ0v) is 12.2. The van der Waals surface area contributed by atoms with Gasteiger partial charge in [-0.1, -0.05) is 36.4 Å². The van der Waals surface area contributed by atoms with Crippen molar-refractivity contribution >= 4 is 6.08 Å². The minimum absolute atomic E-state index is 0.0873. The van der Waals surface area contributed by atoms with Crippen molar-refractivity contribution in [2.24, 2.45) is 4.99 Å². The van der Waals surface area contributed by atoms with Gasteiger partial charge in [-0.2, -0.15) is 4.99 Å². The third-order valence-electron chi connectivity index (χ3n) is 4.17. The van der Waals surface area contributed by atoms with E-state index in [9.17, 15) is 9.90 Å². The van der Waals surface area contributed by atoms with Crippen LogP contribution < -0.4 is 4.74 Å². The molecule has 1 N–H and O–H groups in total. The number of rotatable bonds is 5. The SMILES string of the molecule is O=C=NC1(c2ccc(O)c(OCc3ccccc3)c2)CCC1. The van der Waals surface area contributed by atoms with Gasteiger partial charge < -0.3 is 9.84 Å². The van der Waals surface area contributed by atoms with Crippen molar-refractivity contribution in [2.75, 3.05) is 0 Å². The largest absolute Gasteiger partial charge is 0.504 e. The molecule has 2 aromatic rings. The van der Waals surface area contributed by atoms with Crippen LogP contribution in [0.15, 0.2) is 53.5 Å². The van der Waals surface area contributed by atoms with Crippen LogP contribution in [-0.2, 0) is 16.9 Å². The number of carbonyl (C=O) groups excluding carboxylic acids is 1. The van der Waals surface area contributed by atoms with Crippen LogP contribution in [0.1, 0.15) is 30.4 Å². The van der Waals surface area contributed by atoms with E-state index in [-0.39, 0.29) is 5.75 Å². The first-order valence-electron chi connectivity index (χ1n) is 7.33. The van der Waals surface area contributed by atoms with Gasteiger partial charge in [0.25, 0.3) is 0 Å². The molecule has 0 amide bonds. The van der Waals surface area contributed by atoms with Crippen LogP contribution >= 0.6 is 0 Å². The van der Waals surface area contributed by atoms with Crippen LogP contribution in [0, 0.1) is 0 Å². The molecule has 112 valence electrons. The van der Waals surface area contributed by atoms with Crippen molar-refractivity contribution in [1.29, 1.82) is 0 Å². The van der Waals surface area contributed by atoms with Crippen molar-refractivity contribution in [3.05, 3.63) is 59.7 Å². The summed E-state index contributed by atoms with van der Waals surface area (Å²) < 4.78 is 5.72. The molecule has 3 rings (SSSR count). The lowest BCUT2D eigenvalue weighted by molar-refractivity contribution is 0.251. The van der Waals surface area contributed by atoms with Gasteiger partial charge in [0.15, 0.2) is 11.5 Å². The van der Waals surface area contributed by atoms with Crippen molar-refractivity contribution in [2.45, 2.75) is 31.4 Å². The molecule has 22 heavy (non-hydrogen) atoms. The van der Waals surface area contributed by atoms with E-state index in [0.717, 1.165) is 30.4 Å². The number of ether oxygens (including phenoxy) is 1. The average Bonchev–Trinajstić information content (AvgIpc) is 2.51. The molecule has 0 atom stereocenters. The summed E-state index contributed by atoms with van der Waals surface area (Å²) in [6, 6.07) is 14.9. The fourth-order valence-corrected chi connectivity index (χ4v) is 2.72. The lowest BCUT2D eigenvalue weighted by Crippen LogP contribution is -2.31. The molecular weight excluding hydrogens is 278 g/mol. The van der Waals surface area contributed by atoms with Gasteiger partial charge in [0.05, 0.1) is 5.54 Å². The van der Waals surface area contributed by atoms with Crippen molar-refractivity contribution < 1.29 is 14.6 Å². The summed E-state index contributed by atoms with van der Waals surface area (Å²) in [7, 11) is 0. The van der Waals surface area contributed by atoms with Gasteiger partial charge in [0, 0.05) is 0 Å². The van der Waals surface area contributed by atoms with Gasteiger partial charge in [-0.3, -0.25) is 0 Å². The normalized spacial score (nSPS) is 15.5. The van der Waals surface area contributed by atoms with Crippen molar-refractivity contribution in [3.63, 3.8) is 0 Å². The zero-order valence-electron chi connectivity index (χ0n) is 12.2. The van der Waals surface area contributed by atoms with E-state index in [1.54, 1.807) is 24.3 Å². The summed E-state index contributed by atoms with van der Waals surface area (Å²) in [6.07, 6.45) is 4.36. The number of phenolic OH excluding ortho intramolecular Hbond substituents is 1. The molecule has 0 heterocycles. The topological polar surface area (TPSA) is 58.9 Å². The number of hydrogen-bond acceptors (Lipinski definition) is 4. The first kappa shape index (κ1) is 14.4. The van der Waals surface area contributed by atoms with Gasteiger partial charge in [-0.15, -0.1) is 0 Å². The fraction of sp³-hybridized carbons (Fsp3) is 0.278. The third-order valence-corrected chi connectivity index (χ3v) is 4.17. The molecule has 0 aromatic heterocycles. The second kappa shape index (κ2) is 6.04. The highest BCUT2D eigenvalue weighted by atomic mass is 16.5. The van der Waals surface area contributed by atoms with E-state index in [2.05, 4.69) is 4.99 Å². The molecule has 1 aliphatic rings. The molecule has 0 bridgehead atoms. The zero-order chi connectivity index (χ0) is 15.4. The predicted octanol–water partition coefficient (Wildman–Crippen LogP) is 3.69. The molecule has 4 nitrogen and oxygen atoms in total. The van der Waals surface area contributed by atoms with Crippen molar-refractivity contribution in [3.8, 4) is 11.5 Å². The lowest BCUT2D eigenvalue weighted by atomic mass is 9.72. The van der Waals surface area contributed by atoms with E-state index in [1.807, 2.05) is 30.3 Å². The monoisotopic (exact) mass is 295 g/mol. The molecule has 0 aliphatic heterocycles. The number of aliphatic imine (C=N–C) groups is 1. The highest BCUT2D eigenvalue weighted by Crippen LogP contribution is 2.46. The Labute approximate surface area is 129 Å². The summed E-state index contributed by atoms with van der Waals surface area (Å²) in [5.41, 5.74) is 1.43. The molecule has 1 aliphatic carbocycles. The molecule has 1 saturated carbocycles. The molecule has 0 spiro atoms. The number of benzene rings is 2.